The highest BCUT2D eigenvalue weighted by Gasteiger charge is 2.18. The maximum atomic E-state index is 5.75. The Labute approximate surface area is 115 Å². The largest absolute Gasteiger partial charge is 0.446 e. The number of aromatic nitrogens is 1. The average molecular weight is 266 g/mol. The lowest BCUT2D eigenvalue weighted by Gasteiger charge is -2.06. The van der Waals surface area contributed by atoms with E-state index in [0.29, 0.717) is 12.0 Å². The summed E-state index contributed by atoms with van der Waals surface area (Å²) in [5.41, 5.74) is 0. The van der Waals surface area contributed by atoms with Crippen molar-refractivity contribution in [3.63, 3.8) is 0 Å². The van der Waals surface area contributed by atoms with Crippen molar-refractivity contribution in [2.75, 3.05) is 19.7 Å². The summed E-state index contributed by atoms with van der Waals surface area (Å²) in [4.78, 5) is 4.34. The van der Waals surface area contributed by atoms with E-state index in [9.17, 15) is 0 Å². The summed E-state index contributed by atoms with van der Waals surface area (Å²) in [5.74, 6) is 2.54. The molecule has 0 saturated carbocycles. The fourth-order valence-corrected chi connectivity index (χ4v) is 2.34. The Morgan fingerprint density at radius 1 is 1.47 bits per heavy atom. The van der Waals surface area contributed by atoms with Crippen LogP contribution in [0.2, 0.25) is 0 Å². The van der Waals surface area contributed by atoms with Crippen molar-refractivity contribution < 1.29 is 9.15 Å². The minimum absolute atomic E-state index is 0.341. The Balaban J connectivity index is 1.63. The number of hydrogen-bond acceptors (Lipinski definition) is 4. The predicted molar refractivity (Wildman–Crippen MR) is 75.2 cm³/mol. The highest BCUT2D eigenvalue weighted by atomic mass is 16.5. The van der Waals surface area contributed by atoms with Crippen molar-refractivity contribution in [1.82, 2.24) is 10.3 Å². The van der Waals surface area contributed by atoms with Crippen molar-refractivity contribution in [1.29, 1.82) is 0 Å². The quantitative estimate of drug-likeness (QED) is 0.735. The van der Waals surface area contributed by atoms with Crippen LogP contribution in [0.3, 0.4) is 0 Å². The van der Waals surface area contributed by atoms with Crippen LogP contribution in [0.5, 0.6) is 0 Å². The number of aryl methyl sites for hydroxylation is 1. The first kappa shape index (κ1) is 14.5. The molecule has 1 aliphatic rings. The highest BCUT2D eigenvalue weighted by molar-refractivity contribution is 4.97. The molecule has 0 aliphatic carbocycles. The summed E-state index contributed by atoms with van der Waals surface area (Å²) in [6.07, 6.45) is 7.39. The van der Waals surface area contributed by atoms with Crippen molar-refractivity contribution in [2.45, 2.75) is 52.1 Å². The van der Waals surface area contributed by atoms with Crippen molar-refractivity contribution >= 4 is 0 Å². The molecule has 2 rings (SSSR count). The third kappa shape index (κ3) is 5.33. The van der Waals surface area contributed by atoms with Gasteiger partial charge in [-0.15, -0.1) is 0 Å². The van der Waals surface area contributed by atoms with E-state index >= 15 is 0 Å². The third-order valence-corrected chi connectivity index (χ3v) is 3.35. The molecule has 108 valence electrons. The van der Waals surface area contributed by atoms with Gasteiger partial charge >= 0.3 is 0 Å². The molecule has 1 unspecified atom stereocenters. The Morgan fingerprint density at radius 3 is 3.11 bits per heavy atom. The van der Waals surface area contributed by atoms with Gasteiger partial charge in [0.1, 0.15) is 5.76 Å². The second-order valence-corrected chi connectivity index (χ2v) is 5.76. The summed E-state index contributed by atoms with van der Waals surface area (Å²) in [7, 11) is 0. The Bertz CT molecular complexity index is 357. The molecule has 1 saturated heterocycles. The molecule has 1 aliphatic heterocycles. The van der Waals surface area contributed by atoms with Gasteiger partial charge in [-0.05, 0) is 38.3 Å². The number of ether oxygens (including phenoxy) is 1. The second kappa shape index (κ2) is 7.65. The second-order valence-electron chi connectivity index (χ2n) is 5.76. The minimum Gasteiger partial charge on any atom is -0.446 e. The smallest absolute Gasteiger partial charge is 0.194 e. The van der Waals surface area contributed by atoms with Crippen LogP contribution < -0.4 is 5.32 Å². The molecular weight excluding hydrogens is 240 g/mol. The van der Waals surface area contributed by atoms with Crippen LogP contribution in [0.4, 0.5) is 0 Å². The SMILES string of the molecule is CC(C)CNCCCc1ncc(CC2CCCO2)o1. The topological polar surface area (TPSA) is 47.3 Å². The standard InChI is InChI=1S/C15H26N2O2/c1-12(2)10-16-7-3-6-15-17-11-14(19-15)9-13-5-4-8-18-13/h11-13,16H,3-10H2,1-2H3. The molecule has 0 amide bonds. The fourth-order valence-electron chi connectivity index (χ4n) is 2.34. The van der Waals surface area contributed by atoms with Gasteiger partial charge in [-0.1, -0.05) is 13.8 Å². The lowest BCUT2D eigenvalue weighted by Crippen LogP contribution is -2.21. The van der Waals surface area contributed by atoms with E-state index in [0.717, 1.165) is 57.0 Å². The highest BCUT2D eigenvalue weighted by Crippen LogP contribution is 2.17. The van der Waals surface area contributed by atoms with Crippen LogP contribution in [0, 0.1) is 5.92 Å². The maximum absolute atomic E-state index is 5.75. The van der Waals surface area contributed by atoms with Gasteiger partial charge in [0.25, 0.3) is 0 Å². The third-order valence-electron chi connectivity index (χ3n) is 3.35. The van der Waals surface area contributed by atoms with E-state index in [1.807, 2.05) is 6.20 Å². The van der Waals surface area contributed by atoms with E-state index < -0.39 is 0 Å². The van der Waals surface area contributed by atoms with Crippen molar-refractivity contribution in [3.05, 3.63) is 17.8 Å². The van der Waals surface area contributed by atoms with Gasteiger partial charge in [0.2, 0.25) is 0 Å². The van der Waals surface area contributed by atoms with Gasteiger partial charge in [-0.2, -0.15) is 0 Å². The van der Waals surface area contributed by atoms with E-state index in [1.165, 1.54) is 6.42 Å². The molecule has 1 fully saturated rings. The maximum Gasteiger partial charge on any atom is 0.194 e. The zero-order valence-electron chi connectivity index (χ0n) is 12.2. The number of nitrogens with one attached hydrogen (secondary N) is 1. The first-order valence-corrected chi connectivity index (χ1v) is 7.50. The van der Waals surface area contributed by atoms with Gasteiger partial charge < -0.3 is 14.5 Å². The molecule has 0 aromatic carbocycles. The van der Waals surface area contributed by atoms with Crippen molar-refractivity contribution in [3.8, 4) is 0 Å². The van der Waals surface area contributed by atoms with Crippen LogP contribution in [0.15, 0.2) is 10.6 Å². The predicted octanol–water partition coefficient (Wildman–Crippen LogP) is 2.57. The minimum atomic E-state index is 0.341. The average Bonchev–Trinajstić information content (AvgIpc) is 3.01. The van der Waals surface area contributed by atoms with Gasteiger partial charge in [-0.25, -0.2) is 4.98 Å². The molecule has 0 bridgehead atoms. The molecule has 0 spiro atoms. The van der Waals surface area contributed by atoms with Crippen LogP contribution in [-0.2, 0) is 17.6 Å². The molecule has 1 N–H and O–H groups in total. The number of rotatable bonds is 8. The molecule has 19 heavy (non-hydrogen) atoms. The van der Waals surface area contributed by atoms with Gasteiger partial charge in [-0.3, -0.25) is 0 Å². The molecule has 2 heterocycles. The summed E-state index contributed by atoms with van der Waals surface area (Å²) in [6.45, 7) is 7.45. The Kier molecular flexibility index (Phi) is 5.86. The number of hydrogen-bond donors (Lipinski definition) is 1. The normalized spacial score (nSPS) is 19.4. The Hall–Kier alpha value is -0.870. The van der Waals surface area contributed by atoms with Gasteiger partial charge in [0, 0.05) is 19.4 Å². The number of oxazole rings is 1. The fraction of sp³-hybridized carbons (Fsp3) is 0.800. The molecule has 4 heteroatoms. The van der Waals surface area contributed by atoms with Crippen LogP contribution >= 0.6 is 0 Å². The molecule has 1 aromatic rings. The van der Waals surface area contributed by atoms with E-state index in [2.05, 4.69) is 24.1 Å². The van der Waals surface area contributed by atoms with E-state index in [4.69, 9.17) is 9.15 Å². The zero-order valence-corrected chi connectivity index (χ0v) is 12.2. The lowest BCUT2D eigenvalue weighted by atomic mass is 10.1. The number of nitrogens with zero attached hydrogens (tertiary/aromatic N) is 1. The summed E-state index contributed by atoms with van der Waals surface area (Å²) in [6, 6.07) is 0. The molecule has 1 aromatic heterocycles. The lowest BCUT2D eigenvalue weighted by molar-refractivity contribution is 0.106. The van der Waals surface area contributed by atoms with Gasteiger partial charge in [0.15, 0.2) is 5.89 Å². The van der Waals surface area contributed by atoms with E-state index in [1.54, 1.807) is 0 Å². The summed E-state index contributed by atoms with van der Waals surface area (Å²) in [5, 5.41) is 3.43. The van der Waals surface area contributed by atoms with Crippen molar-refractivity contribution in [2.24, 2.45) is 5.92 Å². The monoisotopic (exact) mass is 266 g/mol. The molecule has 4 nitrogen and oxygen atoms in total. The Morgan fingerprint density at radius 2 is 2.37 bits per heavy atom. The van der Waals surface area contributed by atoms with Crippen LogP contribution in [0.25, 0.3) is 0 Å². The van der Waals surface area contributed by atoms with Gasteiger partial charge in [0.05, 0.1) is 12.3 Å². The summed E-state index contributed by atoms with van der Waals surface area (Å²) < 4.78 is 11.4. The molecule has 0 radical (unpaired) electrons. The molecule has 1 atom stereocenters. The first-order valence-electron chi connectivity index (χ1n) is 7.50. The zero-order chi connectivity index (χ0) is 13.5. The molecular formula is C15H26N2O2. The first-order chi connectivity index (χ1) is 9.24. The van der Waals surface area contributed by atoms with Crippen LogP contribution in [-0.4, -0.2) is 30.8 Å². The van der Waals surface area contributed by atoms with Crippen LogP contribution in [0.1, 0.15) is 44.8 Å². The van der Waals surface area contributed by atoms with E-state index in [-0.39, 0.29) is 0 Å². The summed E-state index contributed by atoms with van der Waals surface area (Å²) >= 11 is 0.